The van der Waals surface area contributed by atoms with Crippen LogP contribution in [0.5, 0.6) is 0 Å². The van der Waals surface area contributed by atoms with Crippen LogP contribution in [0.25, 0.3) is 0 Å². The second-order valence-electron chi connectivity index (χ2n) is 8.91. The number of benzene rings is 3. The zero-order chi connectivity index (χ0) is 26.4. The molecule has 0 aliphatic carbocycles. The Morgan fingerprint density at radius 2 is 1.62 bits per heavy atom. The molecule has 3 aromatic rings. The van der Waals surface area contributed by atoms with Crippen LogP contribution in [0.3, 0.4) is 0 Å². The van der Waals surface area contributed by atoms with Gasteiger partial charge in [-0.15, -0.1) is 0 Å². The normalized spacial score (nSPS) is 14.8. The van der Waals surface area contributed by atoms with E-state index in [-0.39, 0.29) is 22.7 Å². The van der Waals surface area contributed by atoms with Crippen LogP contribution in [0.15, 0.2) is 83.8 Å². The van der Waals surface area contributed by atoms with Crippen LogP contribution in [0.2, 0.25) is 0 Å². The van der Waals surface area contributed by atoms with Crippen LogP contribution in [0.1, 0.15) is 15.9 Å². The molecule has 0 aromatic heterocycles. The molecule has 10 heteroatoms. The van der Waals surface area contributed by atoms with Gasteiger partial charge in [0.25, 0.3) is 5.91 Å². The van der Waals surface area contributed by atoms with Gasteiger partial charge >= 0.3 is 0 Å². The van der Waals surface area contributed by atoms with Crippen molar-refractivity contribution in [3.05, 3.63) is 95.8 Å². The minimum atomic E-state index is -3.79. The second kappa shape index (κ2) is 11.6. The van der Waals surface area contributed by atoms with Crippen LogP contribution in [-0.2, 0) is 21.4 Å². The number of hydrogen-bond donors (Lipinski definition) is 1. The van der Waals surface area contributed by atoms with Gasteiger partial charge in [0, 0.05) is 51.0 Å². The Labute approximate surface area is 216 Å². The zero-order valence-corrected chi connectivity index (χ0v) is 21.3. The van der Waals surface area contributed by atoms with Gasteiger partial charge in [0.05, 0.1) is 11.4 Å². The van der Waals surface area contributed by atoms with Gasteiger partial charge in [-0.2, -0.15) is 4.31 Å². The number of carbonyl (C=O) groups excluding carboxylic acids is 2. The van der Waals surface area contributed by atoms with Crippen molar-refractivity contribution in [2.75, 3.05) is 45.1 Å². The van der Waals surface area contributed by atoms with Gasteiger partial charge in [0.15, 0.2) is 0 Å². The number of nitrogens with zero attached hydrogens (tertiary/aromatic N) is 3. The van der Waals surface area contributed by atoms with Gasteiger partial charge in [0.2, 0.25) is 15.9 Å². The van der Waals surface area contributed by atoms with Crippen molar-refractivity contribution in [1.82, 2.24) is 14.1 Å². The molecule has 0 saturated carbocycles. The van der Waals surface area contributed by atoms with E-state index in [1.54, 1.807) is 6.07 Å². The van der Waals surface area contributed by atoms with E-state index in [9.17, 15) is 22.4 Å². The first-order chi connectivity index (χ1) is 17.7. The molecule has 1 saturated heterocycles. The van der Waals surface area contributed by atoms with E-state index < -0.39 is 27.7 Å². The molecular formula is C27H29FN4O4S. The van der Waals surface area contributed by atoms with Crippen LogP contribution in [-0.4, -0.2) is 74.1 Å². The number of nitrogens with one attached hydrogen (secondary N) is 1. The highest BCUT2D eigenvalue weighted by atomic mass is 32.2. The highest BCUT2D eigenvalue weighted by molar-refractivity contribution is 7.89. The highest BCUT2D eigenvalue weighted by Crippen LogP contribution is 2.20. The first kappa shape index (κ1) is 26.5. The molecule has 3 aromatic carbocycles. The molecule has 2 amide bonds. The predicted molar refractivity (Wildman–Crippen MR) is 139 cm³/mol. The fourth-order valence-electron chi connectivity index (χ4n) is 4.18. The maximum atomic E-state index is 13.3. The van der Waals surface area contributed by atoms with E-state index in [1.807, 2.05) is 30.3 Å². The number of hydrogen-bond acceptors (Lipinski definition) is 5. The summed E-state index contributed by atoms with van der Waals surface area (Å²) >= 11 is 0. The first-order valence-corrected chi connectivity index (χ1v) is 13.3. The third-order valence-electron chi connectivity index (χ3n) is 6.13. The van der Waals surface area contributed by atoms with E-state index in [0.29, 0.717) is 26.2 Å². The molecule has 1 fully saturated rings. The molecule has 8 nitrogen and oxygen atoms in total. The summed E-state index contributed by atoms with van der Waals surface area (Å²) in [5.74, 6) is -1.49. The molecule has 37 heavy (non-hydrogen) atoms. The van der Waals surface area contributed by atoms with Crippen LogP contribution in [0, 0.1) is 5.82 Å². The summed E-state index contributed by atoms with van der Waals surface area (Å²) in [6.45, 7) is 2.40. The largest absolute Gasteiger partial charge is 0.332 e. The molecule has 1 aliphatic heterocycles. The number of anilines is 1. The van der Waals surface area contributed by atoms with Crippen molar-refractivity contribution in [2.45, 2.75) is 11.4 Å². The molecule has 0 bridgehead atoms. The Balaban J connectivity index is 1.36. The Morgan fingerprint density at radius 3 is 2.32 bits per heavy atom. The van der Waals surface area contributed by atoms with E-state index in [2.05, 4.69) is 10.2 Å². The number of halogens is 1. The van der Waals surface area contributed by atoms with Crippen molar-refractivity contribution >= 4 is 27.5 Å². The first-order valence-electron chi connectivity index (χ1n) is 11.9. The summed E-state index contributed by atoms with van der Waals surface area (Å²) in [4.78, 5) is 28.7. The van der Waals surface area contributed by atoms with Crippen LogP contribution in [0.4, 0.5) is 10.1 Å². The maximum absolute atomic E-state index is 13.3. The topological polar surface area (TPSA) is 90.0 Å². The third-order valence-corrected chi connectivity index (χ3v) is 8.03. The molecule has 0 radical (unpaired) electrons. The predicted octanol–water partition coefficient (Wildman–Crippen LogP) is 3.04. The highest BCUT2D eigenvalue weighted by Gasteiger charge is 2.29. The maximum Gasteiger partial charge on any atom is 0.254 e. The summed E-state index contributed by atoms with van der Waals surface area (Å²) in [5.41, 5.74) is 1.62. The van der Waals surface area contributed by atoms with Gasteiger partial charge < -0.3 is 10.2 Å². The fourth-order valence-corrected chi connectivity index (χ4v) is 5.65. The zero-order valence-electron chi connectivity index (χ0n) is 20.5. The number of piperazine rings is 1. The van der Waals surface area contributed by atoms with Crippen molar-refractivity contribution in [3.8, 4) is 0 Å². The average Bonchev–Trinajstić information content (AvgIpc) is 2.89. The Bertz CT molecular complexity index is 1360. The molecule has 1 aliphatic rings. The summed E-state index contributed by atoms with van der Waals surface area (Å²) < 4.78 is 41.4. The molecule has 1 heterocycles. The van der Waals surface area contributed by atoms with Crippen molar-refractivity contribution in [2.24, 2.45) is 0 Å². The lowest BCUT2D eigenvalue weighted by molar-refractivity contribution is -0.116. The van der Waals surface area contributed by atoms with E-state index in [4.69, 9.17) is 0 Å². The quantitative estimate of drug-likeness (QED) is 0.489. The summed E-state index contributed by atoms with van der Waals surface area (Å²) in [6.07, 6.45) is 0. The molecule has 4 rings (SSSR count). The SMILES string of the molecule is CN(CC(=O)Nc1cccc(F)c1)C(=O)c1cccc(S(=O)(=O)N2CCN(Cc3ccccc3)CC2)c1. The third kappa shape index (κ3) is 6.79. The number of sulfonamides is 1. The van der Waals surface area contributed by atoms with Gasteiger partial charge in [-0.25, -0.2) is 12.8 Å². The molecular weight excluding hydrogens is 495 g/mol. The Morgan fingerprint density at radius 1 is 0.919 bits per heavy atom. The number of carbonyl (C=O) groups is 2. The Hall–Kier alpha value is -3.60. The number of amides is 2. The second-order valence-corrected chi connectivity index (χ2v) is 10.9. The standard InChI is InChI=1S/C27H29FN4O4S/c1-30(20-26(33)29-24-11-6-10-23(28)18-24)27(34)22-9-5-12-25(17-22)37(35,36)32-15-13-31(14-16-32)19-21-7-3-2-4-8-21/h2-12,17-18H,13-16,19-20H2,1H3,(H,29,33). The fraction of sp³-hybridized carbons (Fsp3) is 0.259. The number of rotatable bonds is 8. The van der Waals surface area contributed by atoms with Gasteiger partial charge in [-0.3, -0.25) is 14.5 Å². The summed E-state index contributed by atoms with van der Waals surface area (Å²) in [6, 6.07) is 21.3. The Kier molecular flexibility index (Phi) is 8.32. The smallest absolute Gasteiger partial charge is 0.254 e. The minimum Gasteiger partial charge on any atom is -0.332 e. The number of likely N-dealkylation sites (N-methyl/N-ethyl adjacent to an activating group) is 1. The van der Waals surface area contributed by atoms with Gasteiger partial charge in [-0.1, -0.05) is 42.5 Å². The van der Waals surface area contributed by atoms with Crippen LogP contribution < -0.4 is 5.32 Å². The van der Waals surface area contributed by atoms with Crippen LogP contribution >= 0.6 is 0 Å². The molecule has 0 spiro atoms. The van der Waals surface area contributed by atoms with Gasteiger partial charge in [0.1, 0.15) is 5.82 Å². The molecule has 0 atom stereocenters. The van der Waals surface area contributed by atoms with E-state index >= 15 is 0 Å². The molecule has 1 N–H and O–H groups in total. The monoisotopic (exact) mass is 524 g/mol. The lowest BCUT2D eigenvalue weighted by Gasteiger charge is -2.34. The van der Waals surface area contributed by atoms with Crippen molar-refractivity contribution in [3.63, 3.8) is 0 Å². The molecule has 194 valence electrons. The minimum absolute atomic E-state index is 0.0347. The lowest BCUT2D eigenvalue weighted by Crippen LogP contribution is -2.48. The average molecular weight is 525 g/mol. The van der Waals surface area contributed by atoms with E-state index in [0.717, 1.165) is 6.54 Å². The van der Waals surface area contributed by atoms with Crippen molar-refractivity contribution in [1.29, 1.82) is 0 Å². The van der Waals surface area contributed by atoms with Crippen molar-refractivity contribution < 1.29 is 22.4 Å². The summed E-state index contributed by atoms with van der Waals surface area (Å²) in [5, 5.41) is 2.54. The summed E-state index contributed by atoms with van der Waals surface area (Å²) in [7, 11) is -2.34. The molecule has 0 unspecified atom stereocenters. The lowest BCUT2D eigenvalue weighted by atomic mass is 10.2. The van der Waals surface area contributed by atoms with Gasteiger partial charge in [-0.05, 0) is 42.0 Å². The van der Waals surface area contributed by atoms with E-state index in [1.165, 1.54) is 64.3 Å².